The van der Waals surface area contributed by atoms with E-state index in [1.54, 1.807) is 0 Å². The van der Waals surface area contributed by atoms with Crippen molar-refractivity contribution in [3.05, 3.63) is 0 Å². The molecule has 1 rings (SSSR count). The van der Waals surface area contributed by atoms with E-state index in [0.717, 1.165) is 0 Å². The number of carbonyl (C=O) groups is 3. The van der Waals surface area contributed by atoms with Crippen molar-refractivity contribution in [2.75, 3.05) is 6.54 Å². The molecule has 0 aromatic carbocycles. The van der Waals surface area contributed by atoms with Crippen molar-refractivity contribution < 1.29 is 14.4 Å². The lowest BCUT2D eigenvalue weighted by Gasteiger charge is -2.27. The van der Waals surface area contributed by atoms with Crippen molar-refractivity contribution in [3.8, 4) is 0 Å². The van der Waals surface area contributed by atoms with Crippen LogP contribution in [0.15, 0.2) is 0 Å². The van der Waals surface area contributed by atoms with Crippen molar-refractivity contribution in [1.29, 1.82) is 0 Å². The summed E-state index contributed by atoms with van der Waals surface area (Å²) in [6.45, 7) is 4.07. The molecule has 0 aliphatic carbocycles. The number of rotatable bonds is 4. The van der Waals surface area contributed by atoms with Crippen LogP contribution in [0.4, 0.5) is 4.79 Å². The molecule has 18 heavy (non-hydrogen) atoms. The molecule has 1 fully saturated rings. The van der Waals surface area contributed by atoms with E-state index in [2.05, 4.69) is 16.0 Å². The van der Waals surface area contributed by atoms with E-state index in [9.17, 15) is 14.4 Å². The lowest BCUT2D eigenvalue weighted by Crippen LogP contribution is -2.56. The van der Waals surface area contributed by atoms with Gasteiger partial charge in [0, 0.05) is 19.0 Å². The van der Waals surface area contributed by atoms with Gasteiger partial charge in [0.2, 0.25) is 11.8 Å². The SMILES string of the molecule is CC(C)C(NC(N)=O)C(=O)NC1CCC(=O)NC1. The quantitative estimate of drug-likeness (QED) is 0.521. The van der Waals surface area contributed by atoms with Crippen molar-refractivity contribution in [1.82, 2.24) is 16.0 Å². The Balaban J connectivity index is 2.50. The Bertz CT molecular complexity index is 333. The molecule has 0 radical (unpaired) electrons. The van der Waals surface area contributed by atoms with Crippen LogP contribution in [0.2, 0.25) is 0 Å². The van der Waals surface area contributed by atoms with Gasteiger partial charge in [-0.15, -0.1) is 0 Å². The van der Waals surface area contributed by atoms with Gasteiger partial charge in [-0.1, -0.05) is 13.8 Å². The zero-order chi connectivity index (χ0) is 13.7. The van der Waals surface area contributed by atoms with Crippen molar-refractivity contribution >= 4 is 17.8 Å². The predicted molar refractivity (Wildman–Crippen MR) is 65.5 cm³/mol. The lowest BCUT2D eigenvalue weighted by molar-refractivity contribution is -0.127. The fourth-order valence-electron chi connectivity index (χ4n) is 1.84. The molecule has 2 unspecified atom stereocenters. The summed E-state index contributed by atoms with van der Waals surface area (Å²) in [4.78, 5) is 33.8. The van der Waals surface area contributed by atoms with E-state index in [1.807, 2.05) is 13.8 Å². The number of hydrogen-bond donors (Lipinski definition) is 4. The molecule has 5 N–H and O–H groups in total. The van der Waals surface area contributed by atoms with Gasteiger partial charge in [-0.3, -0.25) is 9.59 Å². The molecule has 2 atom stereocenters. The fraction of sp³-hybridized carbons (Fsp3) is 0.727. The molecule has 1 aliphatic rings. The Hall–Kier alpha value is -1.79. The summed E-state index contributed by atoms with van der Waals surface area (Å²) in [7, 11) is 0. The maximum absolute atomic E-state index is 12.0. The van der Waals surface area contributed by atoms with Crippen LogP contribution < -0.4 is 21.7 Å². The highest BCUT2D eigenvalue weighted by Crippen LogP contribution is 2.06. The van der Waals surface area contributed by atoms with E-state index >= 15 is 0 Å². The molecule has 7 nitrogen and oxygen atoms in total. The van der Waals surface area contributed by atoms with E-state index in [-0.39, 0.29) is 23.8 Å². The largest absolute Gasteiger partial charge is 0.354 e. The van der Waals surface area contributed by atoms with Crippen molar-refractivity contribution in [2.45, 2.75) is 38.8 Å². The van der Waals surface area contributed by atoms with Crippen LogP contribution in [-0.2, 0) is 9.59 Å². The van der Waals surface area contributed by atoms with Gasteiger partial charge in [0.05, 0.1) is 0 Å². The monoisotopic (exact) mass is 256 g/mol. The number of piperidine rings is 1. The summed E-state index contributed by atoms with van der Waals surface area (Å²) in [6.07, 6.45) is 1.01. The van der Waals surface area contributed by atoms with E-state index < -0.39 is 12.1 Å². The number of hydrogen-bond acceptors (Lipinski definition) is 3. The third-order valence-electron chi connectivity index (χ3n) is 2.86. The molecule has 1 heterocycles. The third kappa shape index (κ3) is 4.23. The molecule has 0 aromatic rings. The molecule has 4 amide bonds. The molecule has 0 spiro atoms. The zero-order valence-corrected chi connectivity index (χ0v) is 10.7. The number of amides is 4. The van der Waals surface area contributed by atoms with Crippen molar-refractivity contribution in [2.24, 2.45) is 11.7 Å². The lowest BCUT2D eigenvalue weighted by atomic mass is 10.0. The van der Waals surface area contributed by atoms with Gasteiger partial charge in [0.15, 0.2) is 0 Å². The van der Waals surface area contributed by atoms with Crippen LogP contribution in [0.5, 0.6) is 0 Å². The van der Waals surface area contributed by atoms with Crippen LogP contribution in [0, 0.1) is 5.92 Å². The Morgan fingerprint density at radius 1 is 1.44 bits per heavy atom. The Kier molecular flexibility index (Phi) is 4.94. The average molecular weight is 256 g/mol. The summed E-state index contributed by atoms with van der Waals surface area (Å²) in [5, 5.41) is 7.90. The van der Waals surface area contributed by atoms with Crippen molar-refractivity contribution in [3.63, 3.8) is 0 Å². The fourth-order valence-corrected chi connectivity index (χ4v) is 1.84. The highest BCUT2D eigenvalue weighted by atomic mass is 16.2. The van der Waals surface area contributed by atoms with Crippen LogP contribution in [-0.4, -0.2) is 36.5 Å². The van der Waals surface area contributed by atoms with Gasteiger partial charge in [-0.25, -0.2) is 4.79 Å². The minimum absolute atomic E-state index is 0.00355. The third-order valence-corrected chi connectivity index (χ3v) is 2.86. The second-order valence-electron chi connectivity index (χ2n) is 4.78. The highest BCUT2D eigenvalue weighted by Gasteiger charge is 2.27. The summed E-state index contributed by atoms with van der Waals surface area (Å²) >= 11 is 0. The molecule has 0 bridgehead atoms. The highest BCUT2D eigenvalue weighted by molar-refractivity contribution is 5.87. The number of urea groups is 1. The number of nitrogens with two attached hydrogens (primary N) is 1. The smallest absolute Gasteiger partial charge is 0.312 e. The second kappa shape index (κ2) is 6.23. The summed E-state index contributed by atoms with van der Waals surface area (Å²) in [5.41, 5.74) is 5.03. The maximum Gasteiger partial charge on any atom is 0.312 e. The van der Waals surface area contributed by atoms with Gasteiger partial charge < -0.3 is 21.7 Å². The molecule has 102 valence electrons. The zero-order valence-electron chi connectivity index (χ0n) is 10.7. The standard InChI is InChI=1S/C11H20N4O3/c1-6(2)9(15-11(12)18)10(17)14-7-3-4-8(16)13-5-7/h6-7,9H,3-5H2,1-2H3,(H,13,16)(H,14,17)(H3,12,15,18). The Morgan fingerprint density at radius 3 is 2.56 bits per heavy atom. The van der Waals surface area contributed by atoms with Gasteiger partial charge in [-0.2, -0.15) is 0 Å². The summed E-state index contributed by atoms with van der Waals surface area (Å²) in [6, 6.07) is -1.47. The Labute approximate surface area is 106 Å². The molecule has 1 aliphatic heterocycles. The van der Waals surface area contributed by atoms with E-state index in [4.69, 9.17) is 5.73 Å². The maximum atomic E-state index is 12.0. The van der Waals surface area contributed by atoms with Crippen LogP contribution in [0.3, 0.4) is 0 Å². The normalized spacial score (nSPS) is 21.1. The van der Waals surface area contributed by atoms with Gasteiger partial charge >= 0.3 is 6.03 Å². The average Bonchev–Trinajstić information content (AvgIpc) is 2.28. The van der Waals surface area contributed by atoms with Crippen LogP contribution in [0.25, 0.3) is 0 Å². The van der Waals surface area contributed by atoms with Gasteiger partial charge in [-0.05, 0) is 12.3 Å². The van der Waals surface area contributed by atoms with Gasteiger partial charge in [0.25, 0.3) is 0 Å². The van der Waals surface area contributed by atoms with Crippen LogP contribution >= 0.6 is 0 Å². The second-order valence-corrected chi connectivity index (χ2v) is 4.78. The van der Waals surface area contributed by atoms with Gasteiger partial charge in [0.1, 0.15) is 6.04 Å². The minimum Gasteiger partial charge on any atom is -0.354 e. The summed E-state index contributed by atoms with van der Waals surface area (Å²) in [5.74, 6) is -0.336. The molecular formula is C11H20N4O3. The van der Waals surface area contributed by atoms with E-state index in [1.165, 1.54) is 0 Å². The first kappa shape index (κ1) is 14.3. The molecule has 0 aromatic heterocycles. The number of primary amides is 1. The first-order valence-electron chi connectivity index (χ1n) is 6.03. The minimum atomic E-state index is -0.721. The Morgan fingerprint density at radius 2 is 2.11 bits per heavy atom. The number of nitrogens with one attached hydrogen (secondary N) is 3. The number of carbonyl (C=O) groups excluding carboxylic acids is 3. The molecule has 1 saturated heterocycles. The summed E-state index contributed by atoms with van der Waals surface area (Å²) < 4.78 is 0. The predicted octanol–water partition coefficient (Wildman–Crippen LogP) is -0.926. The first-order valence-corrected chi connectivity index (χ1v) is 6.03. The molecule has 0 saturated carbocycles. The molecule has 7 heteroatoms. The topological polar surface area (TPSA) is 113 Å². The molecular weight excluding hydrogens is 236 g/mol. The van der Waals surface area contributed by atoms with Crippen LogP contribution in [0.1, 0.15) is 26.7 Å². The first-order chi connectivity index (χ1) is 8.40. The van der Waals surface area contributed by atoms with E-state index in [0.29, 0.717) is 19.4 Å².